The quantitative estimate of drug-likeness (QED) is 0.632. The van der Waals surface area contributed by atoms with Crippen molar-refractivity contribution in [3.05, 3.63) is 71.8 Å². The van der Waals surface area contributed by atoms with E-state index in [0.29, 0.717) is 0 Å². The molecule has 0 atom stereocenters. The monoisotopic (exact) mass is 302 g/mol. The Morgan fingerprint density at radius 2 is 1.10 bits per heavy atom. The summed E-state index contributed by atoms with van der Waals surface area (Å²) >= 11 is 4.09. The van der Waals surface area contributed by atoms with E-state index in [-0.39, 0.29) is 0 Å². The average molecular weight is 303 g/mol. The topological polar surface area (TPSA) is 0 Å². The van der Waals surface area contributed by atoms with Crippen molar-refractivity contribution in [2.24, 2.45) is 5.92 Å². The van der Waals surface area contributed by atoms with Gasteiger partial charge in [0.25, 0.3) is 0 Å². The fourth-order valence-corrected chi connectivity index (χ4v) is 4.23. The third-order valence-corrected chi connectivity index (χ3v) is 5.71. The molecule has 0 spiro atoms. The summed E-state index contributed by atoms with van der Waals surface area (Å²) in [5.74, 6) is 5.54. The Balaban J connectivity index is 1.58. The Morgan fingerprint density at radius 3 is 1.50 bits per heavy atom. The van der Waals surface area contributed by atoms with Crippen LogP contribution in [0.25, 0.3) is 0 Å². The van der Waals surface area contributed by atoms with E-state index in [0.717, 1.165) is 17.4 Å². The molecule has 2 aromatic rings. The minimum absolute atomic E-state index is 0.775. The molecule has 0 N–H and O–H groups in total. The van der Waals surface area contributed by atoms with Gasteiger partial charge >= 0.3 is 0 Å². The molecule has 106 valence electrons. The minimum atomic E-state index is 0.775. The maximum Gasteiger partial charge on any atom is 0.0184 e. The first-order valence-electron chi connectivity index (χ1n) is 7.08. The molecular weight excluding hydrogens is 280 g/mol. The number of rotatable bonds is 8. The van der Waals surface area contributed by atoms with Gasteiger partial charge in [0.05, 0.1) is 0 Å². The van der Waals surface area contributed by atoms with Crippen LogP contribution in [0.15, 0.2) is 60.7 Å². The molecule has 0 unspecified atom stereocenters. The Hall–Kier alpha value is -0.860. The average Bonchev–Trinajstić information content (AvgIpc) is 2.49. The summed E-state index contributed by atoms with van der Waals surface area (Å²) in [7, 11) is 0. The highest BCUT2D eigenvalue weighted by molar-refractivity contribution is 7.99. The van der Waals surface area contributed by atoms with Crippen LogP contribution in [-0.4, -0.2) is 11.5 Å². The SMILES string of the molecule is CC(CSCc1ccccc1)CSCc1ccccc1. The summed E-state index contributed by atoms with van der Waals surface area (Å²) in [5.41, 5.74) is 2.86. The van der Waals surface area contributed by atoms with Gasteiger partial charge in [0.1, 0.15) is 0 Å². The molecule has 0 fully saturated rings. The van der Waals surface area contributed by atoms with Gasteiger partial charge in [-0.3, -0.25) is 0 Å². The van der Waals surface area contributed by atoms with Gasteiger partial charge in [-0.15, -0.1) is 0 Å². The number of hydrogen-bond donors (Lipinski definition) is 0. The normalized spacial score (nSPS) is 10.9. The molecule has 0 heterocycles. The van der Waals surface area contributed by atoms with E-state index in [2.05, 4.69) is 67.6 Å². The van der Waals surface area contributed by atoms with E-state index in [1.807, 2.05) is 23.5 Å². The van der Waals surface area contributed by atoms with E-state index in [1.165, 1.54) is 22.6 Å². The third-order valence-electron chi connectivity index (χ3n) is 3.03. The second-order valence-electron chi connectivity index (χ2n) is 5.11. The summed E-state index contributed by atoms with van der Waals surface area (Å²) in [6.45, 7) is 2.36. The Labute approximate surface area is 131 Å². The summed E-state index contributed by atoms with van der Waals surface area (Å²) in [4.78, 5) is 0. The van der Waals surface area contributed by atoms with Crippen molar-refractivity contribution in [3.8, 4) is 0 Å². The maximum absolute atomic E-state index is 2.36. The molecule has 0 amide bonds. The van der Waals surface area contributed by atoms with Crippen LogP contribution in [0.3, 0.4) is 0 Å². The van der Waals surface area contributed by atoms with Crippen molar-refractivity contribution < 1.29 is 0 Å². The molecule has 0 aliphatic rings. The highest BCUT2D eigenvalue weighted by Gasteiger charge is 2.03. The summed E-state index contributed by atoms with van der Waals surface area (Å²) in [6, 6.07) is 21.5. The van der Waals surface area contributed by atoms with Crippen LogP contribution in [0.4, 0.5) is 0 Å². The highest BCUT2D eigenvalue weighted by atomic mass is 32.2. The molecule has 0 radical (unpaired) electrons. The highest BCUT2D eigenvalue weighted by Crippen LogP contribution is 2.20. The van der Waals surface area contributed by atoms with Gasteiger partial charge in [0.2, 0.25) is 0 Å². The number of benzene rings is 2. The fraction of sp³-hybridized carbons (Fsp3) is 0.333. The molecule has 0 aromatic heterocycles. The summed E-state index contributed by atoms with van der Waals surface area (Å²) in [5, 5.41) is 0. The first-order valence-corrected chi connectivity index (χ1v) is 9.39. The van der Waals surface area contributed by atoms with Gasteiger partial charge < -0.3 is 0 Å². The van der Waals surface area contributed by atoms with Crippen LogP contribution >= 0.6 is 23.5 Å². The lowest BCUT2D eigenvalue weighted by Crippen LogP contribution is -2.02. The molecule has 0 aliphatic heterocycles. The molecule has 0 saturated carbocycles. The van der Waals surface area contributed by atoms with Crippen LogP contribution in [-0.2, 0) is 11.5 Å². The second kappa shape index (κ2) is 9.15. The van der Waals surface area contributed by atoms with Crippen LogP contribution in [0.1, 0.15) is 18.1 Å². The molecule has 2 aromatic carbocycles. The van der Waals surface area contributed by atoms with Crippen LogP contribution in [0.2, 0.25) is 0 Å². The molecule has 0 saturated heterocycles. The molecule has 0 aliphatic carbocycles. The van der Waals surface area contributed by atoms with E-state index in [1.54, 1.807) is 0 Å². The summed E-state index contributed by atoms with van der Waals surface area (Å²) in [6.07, 6.45) is 0. The lowest BCUT2D eigenvalue weighted by atomic mass is 10.2. The second-order valence-corrected chi connectivity index (χ2v) is 7.17. The van der Waals surface area contributed by atoms with Crippen LogP contribution < -0.4 is 0 Å². The first kappa shape index (κ1) is 15.5. The molecule has 0 bridgehead atoms. The van der Waals surface area contributed by atoms with E-state index in [4.69, 9.17) is 0 Å². The van der Waals surface area contributed by atoms with Crippen molar-refractivity contribution in [2.45, 2.75) is 18.4 Å². The largest absolute Gasteiger partial charge is 0.157 e. The molecule has 2 rings (SSSR count). The van der Waals surface area contributed by atoms with Gasteiger partial charge in [-0.2, -0.15) is 23.5 Å². The molecule has 0 nitrogen and oxygen atoms in total. The van der Waals surface area contributed by atoms with Gasteiger partial charge in [0.15, 0.2) is 0 Å². The zero-order valence-corrected chi connectivity index (χ0v) is 13.6. The van der Waals surface area contributed by atoms with Gasteiger partial charge in [-0.1, -0.05) is 67.6 Å². The zero-order chi connectivity index (χ0) is 14.0. The van der Waals surface area contributed by atoms with Crippen molar-refractivity contribution in [2.75, 3.05) is 11.5 Å². The summed E-state index contributed by atoms with van der Waals surface area (Å²) < 4.78 is 0. The van der Waals surface area contributed by atoms with Gasteiger partial charge in [0, 0.05) is 11.5 Å². The van der Waals surface area contributed by atoms with E-state index < -0.39 is 0 Å². The minimum Gasteiger partial charge on any atom is -0.157 e. The van der Waals surface area contributed by atoms with Crippen molar-refractivity contribution in [1.82, 2.24) is 0 Å². The third kappa shape index (κ3) is 6.06. The van der Waals surface area contributed by atoms with Crippen molar-refractivity contribution in [1.29, 1.82) is 0 Å². The lowest BCUT2D eigenvalue weighted by Gasteiger charge is -2.10. The molecule has 2 heteroatoms. The zero-order valence-electron chi connectivity index (χ0n) is 12.0. The predicted molar refractivity (Wildman–Crippen MR) is 94.4 cm³/mol. The number of thioether (sulfide) groups is 2. The Bertz CT molecular complexity index is 422. The van der Waals surface area contributed by atoms with E-state index in [9.17, 15) is 0 Å². The maximum atomic E-state index is 2.36. The smallest absolute Gasteiger partial charge is 0.0184 e. The van der Waals surface area contributed by atoms with Crippen LogP contribution in [0.5, 0.6) is 0 Å². The predicted octanol–water partition coefficient (Wildman–Crippen LogP) is 5.49. The fourth-order valence-electron chi connectivity index (χ4n) is 1.95. The van der Waals surface area contributed by atoms with Gasteiger partial charge in [-0.05, 0) is 28.6 Å². The Morgan fingerprint density at radius 1 is 0.700 bits per heavy atom. The van der Waals surface area contributed by atoms with Crippen molar-refractivity contribution in [3.63, 3.8) is 0 Å². The van der Waals surface area contributed by atoms with Crippen molar-refractivity contribution >= 4 is 23.5 Å². The first-order chi connectivity index (χ1) is 9.84. The Kier molecular flexibility index (Phi) is 7.10. The number of hydrogen-bond acceptors (Lipinski definition) is 2. The molecule has 20 heavy (non-hydrogen) atoms. The molecular formula is C18H22S2. The van der Waals surface area contributed by atoms with E-state index >= 15 is 0 Å². The van der Waals surface area contributed by atoms with Gasteiger partial charge in [-0.25, -0.2) is 0 Å². The van der Waals surface area contributed by atoms with Crippen LogP contribution in [0, 0.1) is 5.92 Å². The lowest BCUT2D eigenvalue weighted by molar-refractivity contribution is 0.763. The standard InChI is InChI=1S/C18H22S2/c1-16(12-19-14-17-8-4-2-5-9-17)13-20-15-18-10-6-3-7-11-18/h2-11,16H,12-15H2,1H3.